The Hall–Kier alpha value is -1.10. The minimum absolute atomic E-state index is 0.0549. The van der Waals surface area contributed by atoms with Crippen LogP contribution in [0.3, 0.4) is 0 Å². The molecule has 0 saturated carbocycles. The van der Waals surface area contributed by atoms with Crippen molar-refractivity contribution in [3.8, 4) is 0 Å². The molecular weight excluding hydrogens is 232 g/mol. The van der Waals surface area contributed by atoms with Gasteiger partial charge in [0.1, 0.15) is 0 Å². The molecule has 0 fully saturated rings. The fourth-order valence-electron chi connectivity index (χ4n) is 1.65. The molecule has 0 heterocycles. The van der Waals surface area contributed by atoms with Crippen molar-refractivity contribution < 1.29 is 14.7 Å². The van der Waals surface area contributed by atoms with Gasteiger partial charge in [-0.15, -0.1) is 0 Å². The van der Waals surface area contributed by atoms with E-state index in [9.17, 15) is 9.59 Å². The first-order valence-electron chi connectivity index (χ1n) is 6.26. The van der Waals surface area contributed by atoms with Gasteiger partial charge in [-0.1, -0.05) is 0 Å². The van der Waals surface area contributed by atoms with Crippen molar-refractivity contribution in [2.45, 2.75) is 59.5 Å². The Labute approximate surface area is 109 Å². The van der Waals surface area contributed by atoms with Crippen LogP contribution in [0.25, 0.3) is 0 Å². The molecule has 0 bridgehead atoms. The van der Waals surface area contributed by atoms with Crippen LogP contribution in [0, 0.1) is 5.41 Å². The number of carboxylic acids is 1. The van der Waals surface area contributed by atoms with E-state index in [1.807, 2.05) is 6.92 Å². The molecule has 0 saturated heterocycles. The zero-order valence-corrected chi connectivity index (χ0v) is 12.3. The Morgan fingerprint density at radius 1 is 1.28 bits per heavy atom. The molecule has 0 aliphatic heterocycles. The smallest absolute Gasteiger partial charge is 0.305 e. The minimum Gasteiger partial charge on any atom is -0.481 e. The summed E-state index contributed by atoms with van der Waals surface area (Å²) in [5.74, 6) is -1.01. The molecule has 0 spiro atoms. The summed E-state index contributed by atoms with van der Waals surface area (Å²) in [6.45, 7) is 11.3. The summed E-state index contributed by atoms with van der Waals surface area (Å²) in [6, 6.07) is -0.332. The van der Waals surface area contributed by atoms with Crippen LogP contribution in [0.5, 0.6) is 0 Å². The van der Waals surface area contributed by atoms with E-state index in [0.717, 1.165) is 0 Å². The molecule has 18 heavy (non-hydrogen) atoms. The van der Waals surface area contributed by atoms with Gasteiger partial charge < -0.3 is 15.7 Å². The standard InChI is InChI=1S/C13H26N2O3/c1-7-15(9(2)8-10(16)17)11(18)12(3,4)13(5,6)14/h9H,7-8,14H2,1-6H3,(H,16,17). The zero-order valence-electron chi connectivity index (χ0n) is 12.3. The molecule has 5 nitrogen and oxygen atoms in total. The third-order valence-electron chi connectivity index (χ3n) is 3.75. The Balaban J connectivity index is 5.09. The van der Waals surface area contributed by atoms with Gasteiger partial charge in [-0.3, -0.25) is 9.59 Å². The highest BCUT2D eigenvalue weighted by Gasteiger charge is 2.43. The molecule has 0 rings (SSSR count). The lowest BCUT2D eigenvalue weighted by Crippen LogP contribution is -2.58. The molecular formula is C13H26N2O3. The van der Waals surface area contributed by atoms with Crippen LogP contribution in [0.2, 0.25) is 0 Å². The number of carboxylic acid groups (broad SMARTS) is 1. The molecule has 0 aromatic heterocycles. The number of nitrogens with zero attached hydrogens (tertiary/aromatic N) is 1. The van der Waals surface area contributed by atoms with Crippen molar-refractivity contribution in [3.63, 3.8) is 0 Å². The Bertz CT molecular complexity index is 319. The van der Waals surface area contributed by atoms with Crippen LogP contribution >= 0.6 is 0 Å². The lowest BCUT2D eigenvalue weighted by molar-refractivity contribution is -0.147. The number of carbonyl (C=O) groups excluding carboxylic acids is 1. The van der Waals surface area contributed by atoms with Crippen molar-refractivity contribution in [3.05, 3.63) is 0 Å². The second-order valence-electron chi connectivity index (χ2n) is 5.88. The molecule has 0 aromatic carbocycles. The summed E-state index contributed by atoms with van der Waals surface area (Å²) < 4.78 is 0. The van der Waals surface area contributed by atoms with Crippen LogP contribution in [0.15, 0.2) is 0 Å². The van der Waals surface area contributed by atoms with Crippen molar-refractivity contribution in [1.82, 2.24) is 4.90 Å². The summed E-state index contributed by atoms with van der Waals surface area (Å²) in [5, 5.41) is 8.81. The largest absolute Gasteiger partial charge is 0.481 e. The van der Waals surface area contributed by atoms with Gasteiger partial charge in [-0.2, -0.15) is 0 Å². The predicted molar refractivity (Wildman–Crippen MR) is 71.1 cm³/mol. The summed E-state index contributed by atoms with van der Waals surface area (Å²) in [7, 11) is 0. The molecule has 106 valence electrons. The molecule has 0 radical (unpaired) electrons. The van der Waals surface area contributed by atoms with Crippen molar-refractivity contribution >= 4 is 11.9 Å². The molecule has 3 N–H and O–H groups in total. The van der Waals surface area contributed by atoms with Gasteiger partial charge >= 0.3 is 5.97 Å². The van der Waals surface area contributed by atoms with Crippen LogP contribution in [-0.2, 0) is 9.59 Å². The number of amides is 1. The van der Waals surface area contributed by atoms with Gasteiger partial charge in [0.05, 0.1) is 11.8 Å². The first-order chi connectivity index (χ1) is 7.95. The van der Waals surface area contributed by atoms with Gasteiger partial charge in [-0.25, -0.2) is 0 Å². The van der Waals surface area contributed by atoms with Crippen LogP contribution in [0.1, 0.15) is 48.0 Å². The minimum atomic E-state index is -0.904. The van der Waals surface area contributed by atoms with Crippen LogP contribution in [0.4, 0.5) is 0 Å². The molecule has 1 unspecified atom stereocenters. The Kier molecular flexibility index (Phi) is 5.35. The average Bonchev–Trinajstić information content (AvgIpc) is 2.15. The van der Waals surface area contributed by atoms with E-state index in [-0.39, 0.29) is 18.4 Å². The van der Waals surface area contributed by atoms with Gasteiger partial charge in [-0.05, 0) is 41.5 Å². The van der Waals surface area contributed by atoms with Crippen LogP contribution < -0.4 is 5.73 Å². The summed E-state index contributed by atoms with van der Waals surface area (Å²) in [4.78, 5) is 24.8. The number of nitrogens with two attached hydrogens (primary N) is 1. The zero-order chi connectivity index (χ0) is 14.7. The maximum absolute atomic E-state index is 12.5. The van der Waals surface area contributed by atoms with E-state index < -0.39 is 16.9 Å². The van der Waals surface area contributed by atoms with Gasteiger partial charge in [0.2, 0.25) is 5.91 Å². The molecule has 1 amide bonds. The van der Waals surface area contributed by atoms with E-state index in [1.165, 1.54) is 0 Å². The molecule has 0 aliphatic carbocycles. The van der Waals surface area contributed by atoms with Crippen molar-refractivity contribution in [1.29, 1.82) is 0 Å². The van der Waals surface area contributed by atoms with E-state index in [4.69, 9.17) is 10.8 Å². The maximum Gasteiger partial charge on any atom is 0.305 e. The predicted octanol–water partition coefficient (Wildman–Crippen LogP) is 1.46. The summed E-state index contributed by atoms with van der Waals surface area (Å²) >= 11 is 0. The first-order valence-corrected chi connectivity index (χ1v) is 6.26. The lowest BCUT2D eigenvalue weighted by Gasteiger charge is -2.42. The van der Waals surface area contributed by atoms with E-state index in [0.29, 0.717) is 6.54 Å². The number of hydrogen-bond acceptors (Lipinski definition) is 3. The number of aliphatic carboxylic acids is 1. The lowest BCUT2D eigenvalue weighted by atomic mass is 9.74. The fraction of sp³-hybridized carbons (Fsp3) is 0.846. The van der Waals surface area contributed by atoms with E-state index in [2.05, 4.69) is 0 Å². The highest BCUT2D eigenvalue weighted by atomic mass is 16.4. The topological polar surface area (TPSA) is 83.6 Å². The fourth-order valence-corrected chi connectivity index (χ4v) is 1.65. The number of hydrogen-bond donors (Lipinski definition) is 2. The highest BCUT2D eigenvalue weighted by molar-refractivity contribution is 5.84. The Morgan fingerprint density at radius 2 is 1.72 bits per heavy atom. The van der Waals surface area contributed by atoms with Crippen molar-refractivity contribution in [2.75, 3.05) is 6.54 Å². The quantitative estimate of drug-likeness (QED) is 0.755. The molecule has 1 atom stereocenters. The number of rotatable bonds is 6. The molecule has 5 heteroatoms. The third-order valence-corrected chi connectivity index (χ3v) is 3.75. The maximum atomic E-state index is 12.5. The molecule has 0 aromatic rings. The number of carbonyl (C=O) groups is 2. The second-order valence-corrected chi connectivity index (χ2v) is 5.88. The first kappa shape index (κ1) is 16.9. The monoisotopic (exact) mass is 258 g/mol. The normalized spacial score (nSPS) is 14.2. The average molecular weight is 258 g/mol. The summed E-state index contributed by atoms with van der Waals surface area (Å²) in [6.07, 6.45) is -0.0549. The van der Waals surface area contributed by atoms with Crippen LogP contribution in [-0.4, -0.2) is 40.0 Å². The van der Waals surface area contributed by atoms with Gasteiger partial charge in [0.25, 0.3) is 0 Å². The van der Waals surface area contributed by atoms with E-state index in [1.54, 1.807) is 39.5 Å². The van der Waals surface area contributed by atoms with Crippen molar-refractivity contribution in [2.24, 2.45) is 11.1 Å². The van der Waals surface area contributed by atoms with Gasteiger partial charge in [0.15, 0.2) is 0 Å². The summed E-state index contributed by atoms with van der Waals surface area (Å²) in [5.41, 5.74) is 4.64. The van der Waals surface area contributed by atoms with E-state index >= 15 is 0 Å². The van der Waals surface area contributed by atoms with Gasteiger partial charge in [0, 0.05) is 18.1 Å². The molecule has 0 aliphatic rings. The second kappa shape index (κ2) is 5.69. The SMILES string of the molecule is CCN(C(=O)C(C)(C)C(C)(C)N)C(C)CC(=O)O. The Morgan fingerprint density at radius 3 is 2.00 bits per heavy atom. The third kappa shape index (κ3) is 3.70. The highest BCUT2D eigenvalue weighted by Crippen LogP contribution is 2.31.